The van der Waals surface area contributed by atoms with Crippen LogP contribution in [0.4, 0.5) is 5.69 Å². The van der Waals surface area contributed by atoms with Crippen molar-refractivity contribution in [2.45, 2.75) is 25.2 Å². The van der Waals surface area contributed by atoms with Gasteiger partial charge in [0.25, 0.3) is 21.8 Å². The second-order valence-electron chi connectivity index (χ2n) is 7.37. The van der Waals surface area contributed by atoms with Gasteiger partial charge in [-0.3, -0.25) is 25.2 Å². The molecule has 10 heteroatoms. The first-order valence-corrected chi connectivity index (χ1v) is 12.5. The molecule has 0 spiro atoms. The molecule has 0 atom stereocenters. The Morgan fingerprint density at radius 2 is 1.20 bits per heavy atom. The molecule has 0 aliphatic heterocycles. The van der Waals surface area contributed by atoms with E-state index >= 15 is 0 Å². The number of carbonyl (C=O) groups is 2. The van der Waals surface area contributed by atoms with E-state index in [0.717, 1.165) is 6.42 Å². The highest BCUT2D eigenvalue weighted by Gasteiger charge is 2.15. The third-order valence-corrected chi connectivity index (χ3v) is 6.12. The van der Waals surface area contributed by atoms with Gasteiger partial charge in [-0.2, -0.15) is 0 Å². The quantitative estimate of drug-likeness (QED) is 0.367. The summed E-state index contributed by atoms with van der Waals surface area (Å²) in [6.07, 6.45) is 0.879. The molecule has 2 amide bonds. The number of rotatable bonds is 10. The Balaban J connectivity index is 1.55. The van der Waals surface area contributed by atoms with Gasteiger partial charge in [0, 0.05) is 16.8 Å². The summed E-state index contributed by atoms with van der Waals surface area (Å²) in [5.74, 6) is 0.194. The van der Waals surface area contributed by atoms with Crippen molar-refractivity contribution >= 4 is 27.5 Å². The molecule has 0 bridgehead atoms. The van der Waals surface area contributed by atoms with Crippen molar-refractivity contribution in [1.82, 2.24) is 10.9 Å². The fourth-order valence-corrected chi connectivity index (χ4v) is 4.02. The molecule has 3 aromatic carbocycles. The number of anilines is 1. The van der Waals surface area contributed by atoms with Crippen LogP contribution < -0.4 is 25.0 Å². The number of sulfonamides is 1. The van der Waals surface area contributed by atoms with Crippen LogP contribution in [0.15, 0.2) is 77.7 Å². The zero-order chi connectivity index (χ0) is 25.3. The summed E-state index contributed by atoms with van der Waals surface area (Å²) in [5, 5.41) is 0. The van der Waals surface area contributed by atoms with E-state index in [4.69, 9.17) is 9.47 Å². The van der Waals surface area contributed by atoms with Crippen LogP contribution in [-0.2, 0) is 10.0 Å². The highest BCUT2D eigenvalue weighted by molar-refractivity contribution is 7.92. The van der Waals surface area contributed by atoms with Gasteiger partial charge in [0.2, 0.25) is 0 Å². The molecule has 0 fully saturated rings. The molecular formula is C25H27N3O6S. The van der Waals surface area contributed by atoms with Crippen molar-refractivity contribution in [1.29, 1.82) is 0 Å². The average molecular weight is 498 g/mol. The number of hydrogen-bond acceptors (Lipinski definition) is 6. The Kier molecular flexibility index (Phi) is 8.69. The van der Waals surface area contributed by atoms with Crippen molar-refractivity contribution < 1.29 is 27.5 Å². The molecule has 0 radical (unpaired) electrons. The minimum Gasteiger partial charge on any atom is -0.494 e. The fraction of sp³-hybridized carbons (Fsp3) is 0.200. The highest BCUT2D eigenvalue weighted by Crippen LogP contribution is 2.20. The van der Waals surface area contributed by atoms with E-state index < -0.39 is 21.8 Å². The molecule has 0 saturated carbocycles. The molecule has 35 heavy (non-hydrogen) atoms. The SMILES string of the molecule is CCCOc1ccc(C(=O)NNC(=O)c2ccc(NS(=O)(=O)c3ccc(OCC)cc3)cc2)cc1. The van der Waals surface area contributed by atoms with E-state index in [2.05, 4.69) is 15.6 Å². The van der Waals surface area contributed by atoms with Gasteiger partial charge in [0.1, 0.15) is 11.5 Å². The molecule has 3 rings (SSSR count). The van der Waals surface area contributed by atoms with Gasteiger partial charge >= 0.3 is 0 Å². The number of benzene rings is 3. The zero-order valence-electron chi connectivity index (χ0n) is 19.4. The first kappa shape index (κ1) is 25.6. The van der Waals surface area contributed by atoms with Crippen LogP contribution in [0.1, 0.15) is 41.0 Å². The molecule has 0 saturated heterocycles. The molecule has 3 N–H and O–H groups in total. The van der Waals surface area contributed by atoms with Gasteiger partial charge in [-0.15, -0.1) is 0 Å². The standard InChI is InChI=1S/C25H27N3O6S/c1-3-17-34-22-11-7-19(8-12-22)25(30)27-26-24(29)18-5-9-20(10-6-18)28-35(31,32)23-15-13-21(14-16-23)33-4-2/h5-16,28H,3-4,17H2,1-2H3,(H,26,29)(H,27,30). The lowest BCUT2D eigenvalue weighted by Crippen LogP contribution is -2.41. The predicted molar refractivity (Wildman–Crippen MR) is 132 cm³/mol. The summed E-state index contributed by atoms with van der Waals surface area (Å²) in [6.45, 7) is 4.91. The molecular weight excluding hydrogens is 470 g/mol. The Labute approximate surface area is 204 Å². The number of hydrogen-bond donors (Lipinski definition) is 3. The topological polar surface area (TPSA) is 123 Å². The van der Waals surface area contributed by atoms with Crippen molar-refractivity contribution in [2.24, 2.45) is 0 Å². The van der Waals surface area contributed by atoms with Crippen LogP contribution in [0.3, 0.4) is 0 Å². The smallest absolute Gasteiger partial charge is 0.269 e. The highest BCUT2D eigenvalue weighted by atomic mass is 32.2. The van der Waals surface area contributed by atoms with E-state index in [-0.39, 0.29) is 16.1 Å². The predicted octanol–water partition coefficient (Wildman–Crippen LogP) is 3.75. The average Bonchev–Trinajstić information content (AvgIpc) is 2.87. The van der Waals surface area contributed by atoms with Crippen LogP contribution in [-0.4, -0.2) is 33.4 Å². The first-order valence-electron chi connectivity index (χ1n) is 11.0. The minimum absolute atomic E-state index is 0.0791. The molecule has 0 aliphatic carbocycles. The maximum atomic E-state index is 12.6. The first-order chi connectivity index (χ1) is 16.8. The normalized spacial score (nSPS) is 10.8. The van der Waals surface area contributed by atoms with Gasteiger partial charge in [0.05, 0.1) is 18.1 Å². The van der Waals surface area contributed by atoms with Crippen LogP contribution in [0.5, 0.6) is 11.5 Å². The van der Waals surface area contributed by atoms with Crippen LogP contribution in [0.25, 0.3) is 0 Å². The number of nitrogens with one attached hydrogen (secondary N) is 3. The van der Waals surface area contributed by atoms with E-state index in [1.165, 1.54) is 36.4 Å². The zero-order valence-corrected chi connectivity index (χ0v) is 20.2. The lowest BCUT2D eigenvalue weighted by atomic mass is 10.2. The van der Waals surface area contributed by atoms with Crippen LogP contribution in [0, 0.1) is 0 Å². The molecule has 3 aromatic rings. The molecule has 0 unspecified atom stereocenters. The van der Waals surface area contributed by atoms with E-state index in [1.807, 2.05) is 13.8 Å². The van der Waals surface area contributed by atoms with Crippen molar-refractivity contribution in [3.63, 3.8) is 0 Å². The van der Waals surface area contributed by atoms with Crippen LogP contribution in [0.2, 0.25) is 0 Å². The maximum absolute atomic E-state index is 12.6. The molecule has 0 aromatic heterocycles. The van der Waals surface area contributed by atoms with Gasteiger partial charge in [-0.05, 0) is 86.1 Å². The third kappa shape index (κ3) is 7.21. The van der Waals surface area contributed by atoms with Gasteiger partial charge < -0.3 is 9.47 Å². The largest absolute Gasteiger partial charge is 0.494 e. The minimum atomic E-state index is -3.81. The van der Waals surface area contributed by atoms with Crippen molar-refractivity contribution in [2.75, 3.05) is 17.9 Å². The Morgan fingerprint density at radius 1 is 0.714 bits per heavy atom. The molecule has 9 nitrogen and oxygen atoms in total. The van der Waals surface area contributed by atoms with Gasteiger partial charge in [-0.25, -0.2) is 8.42 Å². The summed E-state index contributed by atoms with van der Waals surface area (Å²) in [4.78, 5) is 24.7. The van der Waals surface area contributed by atoms with E-state index in [0.29, 0.717) is 30.3 Å². The second kappa shape index (κ2) is 11.9. The maximum Gasteiger partial charge on any atom is 0.269 e. The Hall–Kier alpha value is -4.05. The molecule has 0 aliphatic rings. The second-order valence-corrected chi connectivity index (χ2v) is 9.05. The third-order valence-electron chi connectivity index (χ3n) is 4.72. The van der Waals surface area contributed by atoms with E-state index in [1.54, 1.807) is 36.4 Å². The van der Waals surface area contributed by atoms with Gasteiger partial charge in [-0.1, -0.05) is 6.92 Å². The number of ether oxygens (including phenoxy) is 2. The number of amides is 2. The van der Waals surface area contributed by atoms with Gasteiger partial charge in [0.15, 0.2) is 0 Å². The summed E-state index contributed by atoms with van der Waals surface area (Å²) < 4.78 is 38.4. The lowest BCUT2D eigenvalue weighted by Gasteiger charge is -2.11. The lowest BCUT2D eigenvalue weighted by molar-refractivity contribution is 0.0846. The summed E-state index contributed by atoms with van der Waals surface area (Å²) in [7, 11) is -3.81. The Morgan fingerprint density at radius 3 is 1.71 bits per heavy atom. The number of carbonyl (C=O) groups excluding carboxylic acids is 2. The van der Waals surface area contributed by atoms with E-state index in [9.17, 15) is 18.0 Å². The summed E-state index contributed by atoms with van der Waals surface area (Å²) in [5.41, 5.74) is 5.55. The van der Waals surface area contributed by atoms with Crippen molar-refractivity contribution in [3.8, 4) is 11.5 Å². The Bertz CT molecular complexity index is 1240. The summed E-state index contributed by atoms with van der Waals surface area (Å²) in [6, 6.07) is 18.4. The molecule has 184 valence electrons. The monoisotopic (exact) mass is 497 g/mol. The number of hydrazine groups is 1. The molecule has 0 heterocycles. The fourth-order valence-electron chi connectivity index (χ4n) is 2.97. The summed E-state index contributed by atoms with van der Waals surface area (Å²) >= 11 is 0. The van der Waals surface area contributed by atoms with Crippen LogP contribution >= 0.6 is 0 Å². The van der Waals surface area contributed by atoms with Crippen molar-refractivity contribution in [3.05, 3.63) is 83.9 Å².